The predicted octanol–water partition coefficient (Wildman–Crippen LogP) is 3.06. The number of hydrogen-bond acceptors (Lipinski definition) is 4. The quantitative estimate of drug-likeness (QED) is 0.929. The van der Waals surface area contributed by atoms with E-state index in [1.807, 2.05) is 67.5 Å². The second kappa shape index (κ2) is 7.34. The smallest absolute Gasteiger partial charge is 0.321 e. The van der Waals surface area contributed by atoms with Gasteiger partial charge in [-0.05, 0) is 24.3 Å². The largest absolute Gasteiger partial charge is 0.486 e. The van der Waals surface area contributed by atoms with Crippen molar-refractivity contribution in [3.05, 3.63) is 48.5 Å². The second-order valence-electron chi connectivity index (χ2n) is 6.22. The normalized spacial score (nSPS) is 15.4. The fraction of sp³-hybridized carbons (Fsp3) is 0.316. The number of rotatable bonds is 4. The molecule has 0 aliphatic carbocycles. The molecule has 1 heterocycles. The number of anilines is 2. The molecule has 6 heteroatoms. The zero-order valence-corrected chi connectivity index (χ0v) is 14.7. The summed E-state index contributed by atoms with van der Waals surface area (Å²) in [6.07, 6.45) is -0.199. The van der Waals surface area contributed by atoms with Crippen molar-refractivity contribution in [1.29, 1.82) is 0 Å². The number of nitrogens with zero attached hydrogens (tertiary/aromatic N) is 2. The molecule has 132 valence electrons. The minimum Gasteiger partial charge on any atom is -0.486 e. The highest BCUT2D eigenvalue weighted by Gasteiger charge is 2.24. The van der Waals surface area contributed by atoms with Gasteiger partial charge in [-0.1, -0.05) is 24.3 Å². The molecule has 0 fully saturated rings. The summed E-state index contributed by atoms with van der Waals surface area (Å²) >= 11 is 0. The van der Waals surface area contributed by atoms with Crippen molar-refractivity contribution in [2.75, 3.05) is 44.5 Å². The number of nitrogens with one attached hydrogen (secondary N) is 1. The van der Waals surface area contributed by atoms with Crippen LogP contribution in [0.25, 0.3) is 0 Å². The Hall–Kier alpha value is -2.89. The molecule has 0 spiro atoms. The maximum atomic E-state index is 12.5. The Morgan fingerprint density at radius 3 is 2.52 bits per heavy atom. The van der Waals surface area contributed by atoms with Crippen molar-refractivity contribution in [2.24, 2.45) is 0 Å². The van der Waals surface area contributed by atoms with E-state index in [4.69, 9.17) is 9.47 Å². The zero-order valence-electron chi connectivity index (χ0n) is 14.7. The molecule has 1 aliphatic heterocycles. The van der Waals surface area contributed by atoms with Crippen LogP contribution in [0, 0.1) is 0 Å². The van der Waals surface area contributed by atoms with Crippen molar-refractivity contribution in [1.82, 2.24) is 4.90 Å². The fourth-order valence-electron chi connectivity index (χ4n) is 2.72. The van der Waals surface area contributed by atoms with Crippen LogP contribution in [0.3, 0.4) is 0 Å². The summed E-state index contributed by atoms with van der Waals surface area (Å²) in [5.41, 5.74) is 1.73. The standard InChI is InChI=1S/C19H23N3O3/c1-21(2)16-9-5-4-8-15(16)20-19(23)22(3)12-14-13-24-17-10-6-7-11-18(17)25-14/h4-11,14H,12-13H2,1-3H3,(H,20,23)/t14-/m0/s1. The Bertz CT molecular complexity index is 748. The Balaban J connectivity index is 1.61. The van der Waals surface area contributed by atoms with Gasteiger partial charge in [0.05, 0.1) is 17.9 Å². The number of hydrogen-bond donors (Lipinski definition) is 1. The number of carbonyl (C=O) groups is 1. The van der Waals surface area contributed by atoms with Gasteiger partial charge in [0.1, 0.15) is 6.61 Å². The molecular formula is C19H23N3O3. The number of likely N-dealkylation sites (N-methyl/N-ethyl adjacent to an activating group) is 1. The van der Waals surface area contributed by atoms with Crippen LogP contribution in [0.5, 0.6) is 11.5 Å². The van der Waals surface area contributed by atoms with E-state index in [9.17, 15) is 4.79 Å². The van der Waals surface area contributed by atoms with Gasteiger partial charge in [-0.25, -0.2) is 4.79 Å². The van der Waals surface area contributed by atoms with Gasteiger partial charge in [-0.2, -0.15) is 0 Å². The third-order valence-electron chi connectivity index (χ3n) is 4.02. The minimum absolute atomic E-state index is 0.184. The van der Waals surface area contributed by atoms with E-state index in [-0.39, 0.29) is 12.1 Å². The van der Waals surface area contributed by atoms with Crippen molar-refractivity contribution in [3.8, 4) is 11.5 Å². The zero-order chi connectivity index (χ0) is 17.8. The van der Waals surface area contributed by atoms with E-state index < -0.39 is 0 Å². The van der Waals surface area contributed by atoms with Crippen LogP contribution in [0.4, 0.5) is 16.2 Å². The average Bonchev–Trinajstić information content (AvgIpc) is 2.61. The summed E-state index contributed by atoms with van der Waals surface area (Å²) in [7, 11) is 5.64. The van der Waals surface area contributed by atoms with E-state index in [0.29, 0.717) is 18.9 Å². The summed E-state index contributed by atoms with van der Waals surface area (Å²) in [6, 6.07) is 15.1. The van der Waals surface area contributed by atoms with Crippen LogP contribution in [0.15, 0.2) is 48.5 Å². The van der Waals surface area contributed by atoms with Crippen LogP contribution in [0.2, 0.25) is 0 Å². The molecule has 0 unspecified atom stereocenters. The van der Waals surface area contributed by atoms with Gasteiger partial charge >= 0.3 is 6.03 Å². The van der Waals surface area contributed by atoms with Crippen LogP contribution in [0.1, 0.15) is 0 Å². The van der Waals surface area contributed by atoms with Gasteiger partial charge in [0, 0.05) is 21.1 Å². The number of benzene rings is 2. The SMILES string of the molecule is CN(C[C@H]1COc2ccccc2O1)C(=O)Nc1ccccc1N(C)C. The van der Waals surface area contributed by atoms with E-state index >= 15 is 0 Å². The van der Waals surface area contributed by atoms with Gasteiger partial charge in [-0.3, -0.25) is 0 Å². The topological polar surface area (TPSA) is 54.0 Å². The molecule has 1 N–H and O–H groups in total. The first kappa shape index (κ1) is 17.0. The minimum atomic E-state index is -0.199. The first-order valence-corrected chi connectivity index (χ1v) is 8.21. The van der Waals surface area contributed by atoms with Crippen molar-refractivity contribution >= 4 is 17.4 Å². The van der Waals surface area contributed by atoms with Crippen molar-refractivity contribution in [3.63, 3.8) is 0 Å². The number of carbonyl (C=O) groups excluding carboxylic acids is 1. The molecular weight excluding hydrogens is 318 g/mol. The number of urea groups is 1. The highest BCUT2D eigenvalue weighted by molar-refractivity contribution is 5.93. The van der Waals surface area contributed by atoms with Crippen LogP contribution in [-0.2, 0) is 0 Å². The highest BCUT2D eigenvalue weighted by Crippen LogP contribution is 2.31. The van der Waals surface area contributed by atoms with E-state index in [2.05, 4.69) is 5.32 Å². The first-order chi connectivity index (χ1) is 12.0. The third kappa shape index (κ3) is 3.96. The molecule has 0 aromatic heterocycles. The van der Waals surface area contributed by atoms with Crippen molar-refractivity contribution < 1.29 is 14.3 Å². The molecule has 0 saturated heterocycles. The maximum Gasteiger partial charge on any atom is 0.321 e. The van der Waals surface area contributed by atoms with E-state index in [0.717, 1.165) is 17.1 Å². The predicted molar refractivity (Wildman–Crippen MR) is 98.8 cm³/mol. The number of para-hydroxylation sites is 4. The average molecular weight is 341 g/mol. The third-order valence-corrected chi connectivity index (χ3v) is 4.02. The monoisotopic (exact) mass is 341 g/mol. The number of ether oxygens (including phenoxy) is 2. The van der Waals surface area contributed by atoms with Gasteiger partial charge in [-0.15, -0.1) is 0 Å². The molecule has 2 aromatic rings. The lowest BCUT2D eigenvalue weighted by molar-refractivity contribution is 0.0731. The lowest BCUT2D eigenvalue weighted by Gasteiger charge is -2.30. The van der Waals surface area contributed by atoms with Crippen LogP contribution >= 0.6 is 0 Å². The van der Waals surface area contributed by atoms with Crippen molar-refractivity contribution in [2.45, 2.75) is 6.10 Å². The molecule has 1 aliphatic rings. The molecule has 0 saturated carbocycles. The molecule has 2 aromatic carbocycles. The highest BCUT2D eigenvalue weighted by atomic mass is 16.6. The fourth-order valence-corrected chi connectivity index (χ4v) is 2.72. The Kier molecular flexibility index (Phi) is 4.97. The molecule has 0 radical (unpaired) electrons. The van der Waals surface area contributed by atoms with E-state index in [1.54, 1.807) is 11.9 Å². The van der Waals surface area contributed by atoms with E-state index in [1.165, 1.54) is 0 Å². The first-order valence-electron chi connectivity index (χ1n) is 8.21. The molecule has 25 heavy (non-hydrogen) atoms. The number of amides is 2. The van der Waals surface area contributed by atoms with Crippen LogP contribution in [-0.4, -0.2) is 51.3 Å². The summed E-state index contributed by atoms with van der Waals surface area (Å²) in [5.74, 6) is 1.45. The van der Waals surface area contributed by atoms with Gasteiger partial charge in [0.15, 0.2) is 17.6 Å². The van der Waals surface area contributed by atoms with Gasteiger partial charge < -0.3 is 24.6 Å². The lowest BCUT2D eigenvalue weighted by atomic mass is 10.2. The summed E-state index contributed by atoms with van der Waals surface area (Å²) in [4.78, 5) is 16.1. The summed E-state index contributed by atoms with van der Waals surface area (Å²) in [5, 5.41) is 2.95. The molecule has 6 nitrogen and oxygen atoms in total. The second-order valence-corrected chi connectivity index (χ2v) is 6.22. The number of fused-ring (bicyclic) bond motifs is 1. The Morgan fingerprint density at radius 2 is 1.76 bits per heavy atom. The molecule has 2 amide bonds. The molecule has 3 rings (SSSR count). The molecule has 1 atom stereocenters. The Morgan fingerprint density at radius 1 is 1.08 bits per heavy atom. The Labute approximate surface area is 147 Å². The maximum absolute atomic E-state index is 12.5. The van der Waals surface area contributed by atoms with Gasteiger partial charge in [0.25, 0.3) is 0 Å². The van der Waals surface area contributed by atoms with Crippen LogP contribution < -0.4 is 19.7 Å². The van der Waals surface area contributed by atoms with Gasteiger partial charge in [0.2, 0.25) is 0 Å². The molecule has 0 bridgehead atoms. The lowest BCUT2D eigenvalue weighted by Crippen LogP contribution is -2.43. The summed E-state index contributed by atoms with van der Waals surface area (Å²) < 4.78 is 11.6. The summed E-state index contributed by atoms with van der Waals surface area (Å²) in [6.45, 7) is 0.854.